The number of anilines is 1. The molecule has 0 saturated heterocycles. The van der Waals surface area contributed by atoms with Gasteiger partial charge in [0.1, 0.15) is 11.5 Å². The van der Waals surface area contributed by atoms with E-state index in [2.05, 4.69) is 35.8 Å². The number of alkyl halides is 3. The Bertz CT molecular complexity index is 719. The Morgan fingerprint density at radius 3 is 2.32 bits per heavy atom. The number of carbonyl (C=O) groups excluding carboxylic acids is 1. The molecule has 0 bridgehead atoms. The number of nitrogens with one attached hydrogen (secondary N) is 2. The summed E-state index contributed by atoms with van der Waals surface area (Å²) in [5, 5.41) is 15.5. The molecule has 1 saturated carbocycles. The van der Waals surface area contributed by atoms with Gasteiger partial charge in [0.25, 0.3) is 0 Å². The van der Waals surface area contributed by atoms with Gasteiger partial charge in [-0.25, -0.2) is 9.71 Å². The fourth-order valence-corrected chi connectivity index (χ4v) is 4.84. The lowest BCUT2D eigenvalue weighted by atomic mass is 9.83. The number of carbonyl (C=O) groups is 1. The summed E-state index contributed by atoms with van der Waals surface area (Å²) in [5.41, 5.74) is -1.88. The van der Waals surface area contributed by atoms with E-state index >= 15 is 0 Å². The van der Waals surface area contributed by atoms with Crippen molar-refractivity contribution in [1.29, 1.82) is 0 Å². The van der Waals surface area contributed by atoms with E-state index in [1.165, 1.54) is 0 Å². The number of hydrogen-bond acceptors (Lipinski definition) is 4. The third kappa shape index (κ3) is 6.02. The Hall–Kier alpha value is -1.45. The van der Waals surface area contributed by atoms with E-state index in [9.17, 15) is 23.1 Å². The zero-order chi connectivity index (χ0) is 21.2. The summed E-state index contributed by atoms with van der Waals surface area (Å²) in [7, 11) is -0.276. The zero-order valence-corrected chi connectivity index (χ0v) is 17.4. The summed E-state index contributed by atoms with van der Waals surface area (Å²) in [6.07, 6.45) is -1.92. The fourth-order valence-electron chi connectivity index (χ4n) is 3.09. The summed E-state index contributed by atoms with van der Waals surface area (Å²) >= 11 is 0. The number of pyridine rings is 1. The molecule has 1 aliphatic carbocycles. The molecule has 0 aliphatic heterocycles. The third-order valence-electron chi connectivity index (χ3n) is 4.72. The van der Waals surface area contributed by atoms with E-state index in [1.807, 2.05) is 12.3 Å². The van der Waals surface area contributed by atoms with Crippen LogP contribution in [-0.2, 0) is 11.0 Å². The predicted octanol–water partition coefficient (Wildman–Crippen LogP) is 4.31. The summed E-state index contributed by atoms with van der Waals surface area (Å²) in [6.45, 7) is 8.26. The molecule has 1 amide bonds. The quantitative estimate of drug-likeness (QED) is 0.502. The van der Waals surface area contributed by atoms with Gasteiger partial charge in [0.05, 0.1) is 5.56 Å². The molecule has 0 spiro atoms. The van der Waals surface area contributed by atoms with Crippen molar-refractivity contribution in [1.82, 2.24) is 9.71 Å². The van der Waals surface area contributed by atoms with Gasteiger partial charge in [-0.05, 0) is 50.1 Å². The van der Waals surface area contributed by atoms with Crippen molar-refractivity contribution in [3.8, 4) is 0 Å². The topological polar surface area (TPSA) is 74.2 Å². The molecule has 1 fully saturated rings. The standard InChI is InChI=1S/C19H28F3N3O2S/c1-5-28(17(2,3)4)25-18(27)10-8-13(9-11-18)16(26)24-15-7-6-14(12-23-15)19(20,21)22/h5-7,12-13,25,27H,8-11H2,1-4H3,(H,23,24,26). The van der Waals surface area contributed by atoms with E-state index in [4.69, 9.17) is 0 Å². The molecule has 1 atom stereocenters. The number of aliphatic hydroxyl groups is 1. The first-order valence-corrected chi connectivity index (χ1v) is 10.5. The minimum absolute atomic E-state index is 0.0209. The largest absolute Gasteiger partial charge is 0.417 e. The summed E-state index contributed by atoms with van der Waals surface area (Å²) in [6, 6.07) is 2.04. The monoisotopic (exact) mass is 419 g/mol. The summed E-state index contributed by atoms with van der Waals surface area (Å²) in [4.78, 5) is 16.1. The van der Waals surface area contributed by atoms with Crippen LogP contribution >= 0.6 is 10.7 Å². The van der Waals surface area contributed by atoms with Crippen LogP contribution in [0.4, 0.5) is 19.0 Å². The maximum absolute atomic E-state index is 12.6. The van der Waals surface area contributed by atoms with Crippen molar-refractivity contribution in [3.05, 3.63) is 23.9 Å². The first-order chi connectivity index (χ1) is 12.8. The van der Waals surface area contributed by atoms with Gasteiger partial charge < -0.3 is 10.4 Å². The molecule has 158 valence electrons. The molecule has 2 rings (SSSR count). The van der Waals surface area contributed by atoms with Gasteiger partial charge in [-0.3, -0.25) is 4.79 Å². The lowest BCUT2D eigenvalue weighted by molar-refractivity contribution is -0.137. The van der Waals surface area contributed by atoms with Crippen LogP contribution in [0.25, 0.3) is 0 Å². The molecule has 1 aromatic heterocycles. The van der Waals surface area contributed by atoms with Crippen LogP contribution in [0.2, 0.25) is 0 Å². The average Bonchev–Trinajstić information content (AvgIpc) is 2.59. The predicted molar refractivity (Wildman–Crippen MR) is 107 cm³/mol. The molecule has 28 heavy (non-hydrogen) atoms. The maximum atomic E-state index is 12.6. The van der Waals surface area contributed by atoms with Crippen molar-refractivity contribution in [2.75, 3.05) is 5.32 Å². The highest BCUT2D eigenvalue weighted by Crippen LogP contribution is 2.37. The van der Waals surface area contributed by atoms with E-state index in [0.29, 0.717) is 31.9 Å². The highest BCUT2D eigenvalue weighted by Gasteiger charge is 2.37. The maximum Gasteiger partial charge on any atom is 0.417 e. The number of rotatable bonds is 4. The molecule has 0 aromatic carbocycles. The van der Waals surface area contributed by atoms with Crippen LogP contribution in [0.15, 0.2) is 18.3 Å². The van der Waals surface area contributed by atoms with Crippen molar-refractivity contribution in [2.45, 2.75) is 70.0 Å². The highest BCUT2D eigenvalue weighted by molar-refractivity contribution is 8.14. The second-order valence-electron chi connectivity index (χ2n) is 8.01. The Morgan fingerprint density at radius 2 is 1.89 bits per heavy atom. The van der Waals surface area contributed by atoms with Gasteiger partial charge >= 0.3 is 6.18 Å². The molecule has 3 N–H and O–H groups in total. The van der Waals surface area contributed by atoms with Crippen LogP contribution in [0.1, 0.15) is 58.9 Å². The van der Waals surface area contributed by atoms with E-state index in [1.54, 1.807) is 0 Å². The number of hydrogen-bond donors (Lipinski definition) is 3. The smallest absolute Gasteiger partial charge is 0.375 e. The second kappa shape index (κ2) is 8.51. The minimum Gasteiger partial charge on any atom is -0.375 e. The first kappa shape index (κ1) is 22.8. The summed E-state index contributed by atoms with van der Waals surface area (Å²) in [5.74, 6) is -0.508. The van der Waals surface area contributed by atoms with E-state index < -0.39 is 17.5 Å². The van der Waals surface area contributed by atoms with Gasteiger partial charge in [-0.2, -0.15) is 13.2 Å². The Balaban J connectivity index is 1.93. The van der Waals surface area contributed by atoms with Gasteiger partial charge in [0, 0.05) is 16.9 Å². The number of aromatic nitrogens is 1. The molecule has 1 heterocycles. The SMILES string of the molecule is C/C=S(/NC1(O)CCC(C(=O)Nc2ccc(C(F)(F)F)cn2)CC1)C(C)(C)C. The molecule has 1 aromatic rings. The molecule has 0 radical (unpaired) electrons. The zero-order valence-electron chi connectivity index (χ0n) is 16.6. The van der Waals surface area contributed by atoms with Gasteiger partial charge in [-0.1, -0.05) is 20.8 Å². The first-order valence-electron chi connectivity index (χ1n) is 9.21. The lowest BCUT2D eigenvalue weighted by Crippen LogP contribution is -2.48. The molecular formula is C19H28F3N3O2S. The van der Waals surface area contributed by atoms with E-state index in [0.717, 1.165) is 12.1 Å². The Labute approximate surface area is 166 Å². The van der Waals surface area contributed by atoms with Crippen LogP contribution in [0.5, 0.6) is 0 Å². The molecule has 1 unspecified atom stereocenters. The van der Waals surface area contributed by atoms with Crippen molar-refractivity contribution in [3.63, 3.8) is 0 Å². The van der Waals surface area contributed by atoms with Gasteiger partial charge in [-0.15, -0.1) is 10.7 Å². The summed E-state index contributed by atoms with van der Waals surface area (Å²) < 4.78 is 41.0. The van der Waals surface area contributed by atoms with Crippen LogP contribution in [0.3, 0.4) is 0 Å². The van der Waals surface area contributed by atoms with Crippen molar-refractivity contribution < 1.29 is 23.1 Å². The number of halogens is 3. The van der Waals surface area contributed by atoms with Crippen molar-refractivity contribution in [2.24, 2.45) is 5.92 Å². The molecule has 5 nitrogen and oxygen atoms in total. The number of nitrogens with zero attached hydrogens (tertiary/aromatic N) is 1. The Kier molecular flexibility index (Phi) is 6.94. The van der Waals surface area contributed by atoms with Gasteiger partial charge in [0.15, 0.2) is 0 Å². The second-order valence-corrected chi connectivity index (χ2v) is 10.6. The minimum atomic E-state index is -4.46. The lowest BCUT2D eigenvalue weighted by Gasteiger charge is -2.40. The molecule has 9 heteroatoms. The highest BCUT2D eigenvalue weighted by atomic mass is 32.2. The molecular weight excluding hydrogens is 391 g/mol. The van der Waals surface area contributed by atoms with E-state index in [-0.39, 0.29) is 33.1 Å². The van der Waals surface area contributed by atoms with Crippen LogP contribution < -0.4 is 10.0 Å². The van der Waals surface area contributed by atoms with Crippen LogP contribution in [0, 0.1) is 5.92 Å². The molecule has 1 aliphatic rings. The van der Waals surface area contributed by atoms with Crippen LogP contribution in [-0.4, -0.2) is 31.8 Å². The van der Waals surface area contributed by atoms with Crippen molar-refractivity contribution >= 4 is 27.8 Å². The normalized spacial score (nSPS) is 24.8. The fraction of sp³-hybridized carbons (Fsp3) is 0.632. The van der Waals surface area contributed by atoms with Gasteiger partial charge in [0.2, 0.25) is 5.91 Å². The average molecular weight is 420 g/mol. The number of amides is 1. The third-order valence-corrected chi connectivity index (χ3v) is 7.11. The Morgan fingerprint density at radius 1 is 1.29 bits per heavy atom.